The van der Waals surface area contributed by atoms with Gasteiger partial charge in [0, 0.05) is 0 Å². The zero-order chi connectivity index (χ0) is 9.14. The molecule has 0 fully saturated rings. The van der Waals surface area contributed by atoms with E-state index in [9.17, 15) is 9.90 Å². The molecule has 0 aromatic heterocycles. The second-order valence-corrected chi connectivity index (χ2v) is 3.44. The molecule has 3 unspecified atom stereocenters. The second-order valence-electron chi connectivity index (χ2n) is 3.44. The maximum Gasteiger partial charge on any atom is 0.152 e. The lowest BCUT2D eigenvalue weighted by Crippen LogP contribution is -2.19. The third-order valence-corrected chi connectivity index (χ3v) is 2.46. The molecule has 1 rings (SSSR count). The fourth-order valence-corrected chi connectivity index (χ4v) is 1.40. The molecule has 3 atom stereocenters. The fourth-order valence-electron chi connectivity index (χ4n) is 1.40. The molecule has 3 heteroatoms. The molecule has 2 nitrogen and oxygen atoms in total. The summed E-state index contributed by atoms with van der Waals surface area (Å²) in [6, 6.07) is 0. The van der Waals surface area contributed by atoms with E-state index >= 15 is 0 Å². The van der Waals surface area contributed by atoms with Crippen molar-refractivity contribution in [2.45, 2.75) is 31.7 Å². The topological polar surface area (TPSA) is 37.3 Å². The Morgan fingerprint density at radius 1 is 1.83 bits per heavy atom. The van der Waals surface area contributed by atoms with Crippen molar-refractivity contribution in [3.05, 3.63) is 11.6 Å². The van der Waals surface area contributed by atoms with Gasteiger partial charge in [-0.2, -0.15) is 0 Å². The number of allylic oxidation sites excluding steroid dienone is 1. The smallest absolute Gasteiger partial charge is 0.152 e. The normalized spacial score (nSPS) is 32.3. The summed E-state index contributed by atoms with van der Waals surface area (Å²) in [7, 11) is 5.79. The molecule has 2 radical (unpaired) electrons. The Labute approximate surface area is 74.1 Å². The highest BCUT2D eigenvalue weighted by Gasteiger charge is 2.21. The zero-order valence-corrected chi connectivity index (χ0v) is 7.23. The molecule has 0 aliphatic heterocycles. The summed E-state index contributed by atoms with van der Waals surface area (Å²) in [5, 5.41) is 9.19. The number of hydrogen-bond donors (Lipinski definition) is 1. The predicted molar refractivity (Wildman–Crippen MR) is 48.1 cm³/mol. The van der Waals surface area contributed by atoms with E-state index < -0.39 is 6.10 Å². The third kappa shape index (κ3) is 1.98. The van der Waals surface area contributed by atoms with Crippen LogP contribution in [0, 0.1) is 5.92 Å². The number of aliphatic hydroxyl groups is 1. The van der Waals surface area contributed by atoms with Crippen molar-refractivity contribution in [2.24, 2.45) is 5.92 Å². The average molecular weight is 164 g/mol. The van der Waals surface area contributed by atoms with E-state index in [2.05, 4.69) is 6.92 Å². The summed E-state index contributed by atoms with van der Waals surface area (Å²) in [5.74, 6) is 0.534. The van der Waals surface area contributed by atoms with Gasteiger partial charge in [-0.3, -0.25) is 0 Å². The summed E-state index contributed by atoms with van der Waals surface area (Å²) in [6.45, 7) is 2.07. The minimum absolute atomic E-state index is 0.0830. The Kier molecular flexibility index (Phi) is 3.09. The summed E-state index contributed by atoms with van der Waals surface area (Å²) in [6.07, 6.45) is 3.04. The van der Waals surface area contributed by atoms with Crippen molar-refractivity contribution < 1.29 is 9.90 Å². The van der Waals surface area contributed by atoms with Crippen LogP contribution in [0.25, 0.3) is 0 Å². The lowest BCUT2D eigenvalue weighted by molar-refractivity contribution is -0.113. The van der Waals surface area contributed by atoms with Crippen LogP contribution in [0.3, 0.4) is 0 Å². The molecule has 0 aromatic carbocycles. The van der Waals surface area contributed by atoms with Crippen molar-refractivity contribution in [3.8, 4) is 0 Å². The summed E-state index contributed by atoms with van der Waals surface area (Å²) < 4.78 is 0. The van der Waals surface area contributed by atoms with E-state index in [1.165, 1.54) is 0 Å². The van der Waals surface area contributed by atoms with Gasteiger partial charge in [0.25, 0.3) is 0 Å². The van der Waals surface area contributed by atoms with Crippen LogP contribution in [0.2, 0.25) is 5.82 Å². The van der Waals surface area contributed by atoms with Gasteiger partial charge in [0.1, 0.15) is 6.10 Å². The van der Waals surface area contributed by atoms with Gasteiger partial charge < -0.3 is 9.90 Å². The quantitative estimate of drug-likeness (QED) is 0.373. The van der Waals surface area contributed by atoms with Crippen molar-refractivity contribution in [1.82, 2.24) is 0 Å². The predicted octanol–water partition coefficient (Wildman–Crippen LogP) is 0.859. The van der Waals surface area contributed by atoms with Crippen LogP contribution in [-0.2, 0) is 4.79 Å². The zero-order valence-electron chi connectivity index (χ0n) is 7.23. The molecule has 0 heterocycles. The molecule has 0 spiro atoms. The van der Waals surface area contributed by atoms with E-state index in [0.29, 0.717) is 18.6 Å². The van der Waals surface area contributed by atoms with E-state index in [-0.39, 0.29) is 5.82 Å². The van der Waals surface area contributed by atoms with Crippen molar-refractivity contribution in [2.75, 3.05) is 0 Å². The van der Waals surface area contributed by atoms with Crippen LogP contribution in [0.1, 0.15) is 19.8 Å². The molecule has 1 N–H and O–H groups in total. The Balaban J connectivity index is 2.63. The maximum atomic E-state index is 10.3. The Morgan fingerprint density at radius 2 is 2.50 bits per heavy atom. The third-order valence-electron chi connectivity index (χ3n) is 2.46. The van der Waals surface area contributed by atoms with Gasteiger partial charge in [-0.05, 0) is 24.3 Å². The van der Waals surface area contributed by atoms with Crippen LogP contribution in [0.5, 0.6) is 0 Å². The summed E-state index contributed by atoms with van der Waals surface area (Å²) in [5.41, 5.74) is 0.774. The molecule has 0 bridgehead atoms. The van der Waals surface area contributed by atoms with Crippen LogP contribution >= 0.6 is 0 Å². The van der Waals surface area contributed by atoms with E-state index in [0.717, 1.165) is 12.0 Å². The number of hydrogen-bond acceptors (Lipinski definition) is 2. The fraction of sp³-hybridized carbons (Fsp3) is 0.667. The Hall–Kier alpha value is -0.565. The lowest BCUT2D eigenvalue weighted by atomic mass is 9.68. The van der Waals surface area contributed by atoms with Crippen molar-refractivity contribution >= 4 is 14.1 Å². The molecule has 0 aromatic rings. The van der Waals surface area contributed by atoms with Gasteiger partial charge in [0.15, 0.2) is 6.29 Å². The van der Waals surface area contributed by atoms with Crippen LogP contribution in [-0.4, -0.2) is 25.3 Å². The summed E-state index contributed by atoms with van der Waals surface area (Å²) >= 11 is 0. The van der Waals surface area contributed by atoms with Crippen molar-refractivity contribution in [3.63, 3.8) is 0 Å². The number of rotatable bonds is 2. The molecular weight excluding hydrogens is 151 g/mol. The summed E-state index contributed by atoms with van der Waals surface area (Å²) in [4.78, 5) is 10.3. The van der Waals surface area contributed by atoms with Gasteiger partial charge in [-0.15, -0.1) is 0 Å². The highest BCUT2D eigenvalue weighted by Crippen LogP contribution is 2.32. The highest BCUT2D eigenvalue weighted by molar-refractivity contribution is 6.12. The second kappa shape index (κ2) is 3.90. The van der Waals surface area contributed by atoms with E-state index in [1.807, 2.05) is 6.08 Å². The number of aliphatic hydroxyl groups excluding tert-OH is 1. The number of carbonyl (C=O) groups is 1. The highest BCUT2D eigenvalue weighted by atomic mass is 16.3. The van der Waals surface area contributed by atoms with Gasteiger partial charge in [0.2, 0.25) is 0 Å². The van der Waals surface area contributed by atoms with E-state index in [4.69, 9.17) is 7.85 Å². The minimum Gasteiger partial charge on any atom is -0.381 e. The van der Waals surface area contributed by atoms with E-state index in [1.54, 1.807) is 0 Å². The van der Waals surface area contributed by atoms with Crippen molar-refractivity contribution in [1.29, 1.82) is 0 Å². The van der Waals surface area contributed by atoms with Crippen LogP contribution in [0.4, 0.5) is 0 Å². The molecule has 0 saturated heterocycles. The first-order chi connectivity index (χ1) is 5.65. The molecule has 1 aliphatic rings. The molecular formula is C9H13BO2. The van der Waals surface area contributed by atoms with Crippen LogP contribution in [0.15, 0.2) is 11.6 Å². The largest absolute Gasteiger partial charge is 0.381 e. The first-order valence-corrected chi connectivity index (χ1v) is 4.23. The maximum absolute atomic E-state index is 10.3. The minimum atomic E-state index is -0.941. The number of aldehydes is 1. The first-order valence-electron chi connectivity index (χ1n) is 4.23. The Morgan fingerprint density at radius 3 is 3.00 bits per heavy atom. The molecule has 64 valence electrons. The van der Waals surface area contributed by atoms with Gasteiger partial charge in [-0.25, -0.2) is 0 Å². The molecule has 0 amide bonds. The monoisotopic (exact) mass is 164 g/mol. The lowest BCUT2D eigenvalue weighted by Gasteiger charge is -2.26. The van der Waals surface area contributed by atoms with Gasteiger partial charge in [-0.1, -0.05) is 18.8 Å². The molecule has 0 saturated carbocycles. The Bertz CT molecular complexity index is 201. The SMILES string of the molecule is [B]C1CC(C(O)C=O)=CCC1C. The molecule has 12 heavy (non-hydrogen) atoms. The average Bonchev–Trinajstić information content (AvgIpc) is 2.08. The number of carbonyl (C=O) groups excluding carboxylic acids is 1. The standard InChI is InChI=1S/C9H13BO2/c1-6-2-3-7(4-8(6)10)9(12)5-11/h3,5-6,8-9,12H,2,4H2,1H3. The molecule has 1 aliphatic carbocycles. The van der Waals surface area contributed by atoms with Crippen LogP contribution < -0.4 is 0 Å². The first kappa shape index (κ1) is 9.52. The van der Waals surface area contributed by atoms with Gasteiger partial charge in [0.05, 0.1) is 7.85 Å². The van der Waals surface area contributed by atoms with Gasteiger partial charge >= 0.3 is 0 Å².